The van der Waals surface area contributed by atoms with Crippen LogP contribution in [0.25, 0.3) is 0 Å². The molecule has 1 saturated carbocycles. The minimum absolute atomic E-state index is 0.491. The Morgan fingerprint density at radius 1 is 1.19 bits per heavy atom. The van der Waals surface area contributed by atoms with Crippen molar-refractivity contribution < 1.29 is 14.6 Å². The van der Waals surface area contributed by atoms with Crippen molar-refractivity contribution in [2.24, 2.45) is 0 Å². The summed E-state index contributed by atoms with van der Waals surface area (Å²) in [5.41, 5.74) is 2.29. The van der Waals surface area contributed by atoms with Crippen LogP contribution in [0.4, 0.5) is 0 Å². The molecule has 0 aliphatic heterocycles. The molecule has 0 spiro atoms. The van der Waals surface area contributed by atoms with E-state index in [9.17, 15) is 9.90 Å². The highest BCUT2D eigenvalue weighted by atomic mass is 16.5. The van der Waals surface area contributed by atoms with Gasteiger partial charge in [0, 0.05) is 0 Å². The molecule has 3 nitrogen and oxygen atoms in total. The lowest BCUT2D eigenvalue weighted by molar-refractivity contribution is -0.140. The number of carboxylic acid groups (broad SMARTS) is 1. The van der Waals surface area contributed by atoms with Gasteiger partial charge >= 0.3 is 5.97 Å². The molecule has 0 atom stereocenters. The van der Waals surface area contributed by atoms with Crippen LogP contribution in [-0.2, 0) is 16.8 Å². The average Bonchev–Trinajstić information content (AvgIpc) is 3.29. The molecular weight excluding hydrogens is 264 g/mol. The van der Waals surface area contributed by atoms with Gasteiger partial charge in [0.1, 0.15) is 12.4 Å². The third-order valence-corrected chi connectivity index (χ3v) is 4.14. The first-order valence-electron chi connectivity index (χ1n) is 7.13. The lowest BCUT2D eigenvalue weighted by Gasteiger charge is -2.15. The van der Waals surface area contributed by atoms with Crippen molar-refractivity contribution in [3.05, 3.63) is 65.2 Å². The van der Waals surface area contributed by atoms with Crippen LogP contribution in [0.1, 0.15) is 29.5 Å². The first-order valence-corrected chi connectivity index (χ1v) is 7.13. The summed E-state index contributed by atoms with van der Waals surface area (Å²) in [5.74, 6) is 0.0317. The van der Waals surface area contributed by atoms with Crippen LogP contribution in [0, 0.1) is 6.92 Å². The van der Waals surface area contributed by atoms with Crippen LogP contribution in [0.5, 0.6) is 5.75 Å². The second-order valence-corrected chi connectivity index (χ2v) is 5.64. The summed E-state index contributed by atoms with van der Waals surface area (Å²) in [7, 11) is 0. The van der Waals surface area contributed by atoms with Crippen LogP contribution in [-0.4, -0.2) is 11.1 Å². The molecule has 3 rings (SSSR count). The van der Waals surface area contributed by atoms with Crippen molar-refractivity contribution >= 4 is 5.97 Å². The zero-order valence-electron chi connectivity index (χ0n) is 12.0. The van der Waals surface area contributed by atoms with Gasteiger partial charge in [-0.2, -0.15) is 0 Å². The fourth-order valence-corrected chi connectivity index (χ4v) is 2.54. The second kappa shape index (κ2) is 5.24. The number of ether oxygens (including phenoxy) is 1. The Kier molecular flexibility index (Phi) is 3.42. The van der Waals surface area contributed by atoms with E-state index in [0.717, 1.165) is 22.4 Å². The summed E-state index contributed by atoms with van der Waals surface area (Å²) in [4.78, 5) is 11.4. The Morgan fingerprint density at radius 2 is 1.90 bits per heavy atom. The molecule has 3 heteroatoms. The smallest absolute Gasteiger partial charge is 0.314 e. The van der Waals surface area contributed by atoms with Gasteiger partial charge in [-0.1, -0.05) is 42.5 Å². The van der Waals surface area contributed by atoms with Crippen molar-refractivity contribution in [3.63, 3.8) is 0 Å². The fraction of sp³-hybridized carbons (Fsp3) is 0.278. The van der Waals surface area contributed by atoms with E-state index < -0.39 is 11.4 Å². The molecule has 108 valence electrons. The maximum absolute atomic E-state index is 11.4. The van der Waals surface area contributed by atoms with Crippen LogP contribution in [0.15, 0.2) is 48.5 Å². The number of aryl methyl sites for hydroxylation is 1. The molecule has 0 saturated heterocycles. The van der Waals surface area contributed by atoms with E-state index in [1.165, 1.54) is 0 Å². The Bertz CT molecular complexity index is 657. The lowest BCUT2D eigenvalue weighted by atomic mass is 9.95. The van der Waals surface area contributed by atoms with E-state index in [1.54, 1.807) is 0 Å². The minimum Gasteiger partial charge on any atom is -0.489 e. The summed E-state index contributed by atoms with van der Waals surface area (Å²) < 4.78 is 5.87. The van der Waals surface area contributed by atoms with Gasteiger partial charge in [-0.3, -0.25) is 4.79 Å². The van der Waals surface area contributed by atoms with Crippen molar-refractivity contribution in [1.82, 2.24) is 0 Å². The molecule has 2 aromatic rings. The molecule has 0 heterocycles. The van der Waals surface area contributed by atoms with Gasteiger partial charge in [-0.05, 0) is 42.5 Å². The third kappa shape index (κ3) is 2.64. The monoisotopic (exact) mass is 282 g/mol. The highest BCUT2D eigenvalue weighted by Gasteiger charge is 2.51. The largest absolute Gasteiger partial charge is 0.489 e. The van der Waals surface area contributed by atoms with Crippen molar-refractivity contribution in [2.75, 3.05) is 0 Å². The molecule has 2 aromatic carbocycles. The molecule has 0 unspecified atom stereocenters. The molecule has 1 aliphatic rings. The maximum atomic E-state index is 11.4. The average molecular weight is 282 g/mol. The van der Waals surface area contributed by atoms with Gasteiger partial charge < -0.3 is 9.84 Å². The summed E-state index contributed by atoms with van der Waals surface area (Å²) in [6, 6.07) is 15.7. The number of aliphatic carboxylic acids is 1. The molecule has 0 bridgehead atoms. The van der Waals surface area contributed by atoms with Gasteiger partial charge in [0.15, 0.2) is 0 Å². The lowest BCUT2D eigenvalue weighted by Crippen LogP contribution is -2.19. The highest BCUT2D eigenvalue weighted by Crippen LogP contribution is 2.49. The van der Waals surface area contributed by atoms with E-state index in [4.69, 9.17) is 4.74 Å². The minimum atomic E-state index is -0.736. The summed E-state index contributed by atoms with van der Waals surface area (Å²) >= 11 is 0. The van der Waals surface area contributed by atoms with Crippen LogP contribution in [0.3, 0.4) is 0 Å². The van der Waals surface area contributed by atoms with Gasteiger partial charge in [-0.25, -0.2) is 0 Å². The van der Waals surface area contributed by atoms with Crippen molar-refractivity contribution in [2.45, 2.75) is 31.8 Å². The van der Waals surface area contributed by atoms with E-state index in [0.29, 0.717) is 19.4 Å². The standard InChI is InChI=1S/C18H18O3/c1-13-7-8-15(18(9-10-18)17(19)20)11-16(13)21-12-14-5-3-2-4-6-14/h2-8,11H,9-10,12H2,1H3,(H,19,20). The second-order valence-electron chi connectivity index (χ2n) is 5.64. The first-order chi connectivity index (χ1) is 10.1. The van der Waals surface area contributed by atoms with Crippen LogP contribution < -0.4 is 4.74 Å². The molecule has 1 fully saturated rings. The Morgan fingerprint density at radius 3 is 2.52 bits per heavy atom. The summed E-state index contributed by atoms with van der Waals surface area (Å²) in [6.07, 6.45) is 1.42. The van der Waals surface area contributed by atoms with Gasteiger partial charge in [0.2, 0.25) is 0 Å². The van der Waals surface area contributed by atoms with Gasteiger partial charge in [0.25, 0.3) is 0 Å². The summed E-state index contributed by atoms with van der Waals surface area (Å²) in [6.45, 7) is 2.47. The van der Waals surface area contributed by atoms with E-state index >= 15 is 0 Å². The number of hydrogen-bond donors (Lipinski definition) is 1. The molecule has 21 heavy (non-hydrogen) atoms. The van der Waals surface area contributed by atoms with Crippen molar-refractivity contribution in [1.29, 1.82) is 0 Å². The highest BCUT2D eigenvalue weighted by molar-refractivity contribution is 5.85. The van der Waals surface area contributed by atoms with Gasteiger partial charge in [0.05, 0.1) is 5.41 Å². The first kappa shape index (κ1) is 13.7. The molecule has 1 aliphatic carbocycles. The predicted molar refractivity (Wildman–Crippen MR) is 80.5 cm³/mol. The molecule has 0 amide bonds. The van der Waals surface area contributed by atoms with E-state index in [-0.39, 0.29) is 0 Å². The number of hydrogen-bond acceptors (Lipinski definition) is 2. The van der Waals surface area contributed by atoms with Crippen LogP contribution in [0.2, 0.25) is 0 Å². The fourth-order valence-electron chi connectivity index (χ4n) is 2.54. The SMILES string of the molecule is Cc1ccc(C2(C(=O)O)CC2)cc1OCc1ccccc1. The van der Waals surface area contributed by atoms with E-state index in [2.05, 4.69) is 0 Å². The summed E-state index contributed by atoms with van der Waals surface area (Å²) in [5, 5.41) is 9.38. The number of carboxylic acids is 1. The van der Waals surface area contributed by atoms with Crippen LogP contribution >= 0.6 is 0 Å². The molecule has 0 aromatic heterocycles. The van der Waals surface area contributed by atoms with E-state index in [1.807, 2.05) is 55.5 Å². The zero-order valence-corrected chi connectivity index (χ0v) is 12.0. The molecule has 1 N–H and O–H groups in total. The Hall–Kier alpha value is -2.29. The molecular formula is C18H18O3. The normalized spacial score (nSPS) is 15.5. The number of benzene rings is 2. The zero-order chi connectivity index (χ0) is 14.9. The Labute approximate surface area is 124 Å². The number of rotatable bonds is 5. The molecule has 0 radical (unpaired) electrons. The van der Waals surface area contributed by atoms with Gasteiger partial charge in [-0.15, -0.1) is 0 Å². The maximum Gasteiger partial charge on any atom is 0.314 e. The van der Waals surface area contributed by atoms with Crippen molar-refractivity contribution in [3.8, 4) is 5.75 Å². The Balaban J connectivity index is 1.81. The number of carbonyl (C=O) groups is 1. The quantitative estimate of drug-likeness (QED) is 0.909. The predicted octanol–water partition coefficient (Wildman–Crippen LogP) is 3.69. The third-order valence-electron chi connectivity index (χ3n) is 4.14. The topological polar surface area (TPSA) is 46.5 Å².